The highest BCUT2D eigenvalue weighted by Gasteiger charge is 2.28. The second-order valence-corrected chi connectivity index (χ2v) is 8.29. The molecular formula is C24H25ClN2O2. The normalized spacial score (nSPS) is 15.9. The highest BCUT2D eigenvalue weighted by atomic mass is 35.5. The summed E-state index contributed by atoms with van der Waals surface area (Å²) in [7, 11) is 0. The molecule has 1 aromatic heterocycles. The molecule has 4 nitrogen and oxygen atoms in total. The first-order valence-electron chi connectivity index (χ1n) is 10.2. The van der Waals surface area contributed by atoms with Crippen LogP contribution >= 0.6 is 11.6 Å². The van der Waals surface area contributed by atoms with Crippen LogP contribution in [0.15, 0.2) is 59.4 Å². The number of fused-ring (bicyclic) bond motifs is 1. The van der Waals surface area contributed by atoms with Gasteiger partial charge in [0.25, 0.3) is 5.56 Å². The molecule has 1 amide bonds. The largest absolute Gasteiger partial charge is 0.351 e. The summed E-state index contributed by atoms with van der Waals surface area (Å²) in [4.78, 5) is 26.6. The molecule has 1 saturated carbocycles. The van der Waals surface area contributed by atoms with Gasteiger partial charge in [-0.05, 0) is 49.1 Å². The molecule has 0 saturated heterocycles. The lowest BCUT2D eigenvalue weighted by Gasteiger charge is -2.27. The van der Waals surface area contributed by atoms with Gasteiger partial charge in [0.15, 0.2) is 0 Å². The molecule has 1 N–H and O–H groups in total. The molecule has 3 aromatic rings. The molecule has 1 atom stereocenters. The van der Waals surface area contributed by atoms with Gasteiger partial charge < -0.3 is 5.32 Å². The van der Waals surface area contributed by atoms with Crippen molar-refractivity contribution in [3.8, 4) is 0 Å². The van der Waals surface area contributed by atoms with E-state index in [-0.39, 0.29) is 17.5 Å². The van der Waals surface area contributed by atoms with E-state index >= 15 is 0 Å². The van der Waals surface area contributed by atoms with Gasteiger partial charge in [0, 0.05) is 22.5 Å². The highest BCUT2D eigenvalue weighted by Crippen LogP contribution is 2.26. The zero-order valence-corrected chi connectivity index (χ0v) is 17.3. The fraction of sp³-hybridized carbons (Fsp3) is 0.333. The van der Waals surface area contributed by atoms with Gasteiger partial charge in [0.05, 0.1) is 5.52 Å². The van der Waals surface area contributed by atoms with Crippen LogP contribution in [0, 0.1) is 6.92 Å². The van der Waals surface area contributed by atoms with Crippen LogP contribution in [0.2, 0.25) is 5.02 Å². The molecule has 0 radical (unpaired) electrons. The van der Waals surface area contributed by atoms with Crippen LogP contribution < -0.4 is 10.9 Å². The van der Waals surface area contributed by atoms with Gasteiger partial charge in [0.1, 0.15) is 6.04 Å². The zero-order chi connectivity index (χ0) is 20.4. The molecule has 0 aliphatic heterocycles. The summed E-state index contributed by atoms with van der Waals surface area (Å²) in [5, 5.41) is 4.77. The van der Waals surface area contributed by atoms with Crippen LogP contribution in [0.25, 0.3) is 10.9 Å². The minimum absolute atomic E-state index is 0.143. The van der Waals surface area contributed by atoms with Crippen molar-refractivity contribution in [2.24, 2.45) is 0 Å². The van der Waals surface area contributed by atoms with Crippen molar-refractivity contribution < 1.29 is 4.79 Å². The molecule has 0 spiro atoms. The molecule has 1 aliphatic rings. The number of benzene rings is 2. The van der Waals surface area contributed by atoms with E-state index in [9.17, 15) is 9.59 Å². The van der Waals surface area contributed by atoms with Crippen molar-refractivity contribution >= 4 is 28.4 Å². The smallest absolute Gasteiger partial charge is 0.252 e. The number of pyridine rings is 1. The summed E-state index contributed by atoms with van der Waals surface area (Å²) in [5.41, 5.74) is 2.24. The van der Waals surface area contributed by atoms with Crippen LogP contribution in [0.3, 0.4) is 0 Å². The van der Waals surface area contributed by atoms with Gasteiger partial charge in [0.2, 0.25) is 5.91 Å². The topological polar surface area (TPSA) is 51.1 Å². The fourth-order valence-corrected chi connectivity index (χ4v) is 4.45. The van der Waals surface area contributed by atoms with E-state index in [0.29, 0.717) is 5.02 Å². The van der Waals surface area contributed by atoms with E-state index < -0.39 is 6.04 Å². The number of nitrogens with one attached hydrogen (secondary N) is 1. The van der Waals surface area contributed by atoms with Gasteiger partial charge in [-0.25, -0.2) is 0 Å². The predicted octanol–water partition coefficient (Wildman–Crippen LogP) is 5.00. The first kappa shape index (κ1) is 19.7. The predicted molar refractivity (Wildman–Crippen MR) is 118 cm³/mol. The maximum atomic E-state index is 13.5. The van der Waals surface area contributed by atoms with Crippen LogP contribution in [0.1, 0.15) is 49.3 Å². The van der Waals surface area contributed by atoms with E-state index in [2.05, 4.69) is 5.32 Å². The van der Waals surface area contributed by atoms with Crippen LogP contribution in [0.5, 0.6) is 0 Å². The van der Waals surface area contributed by atoms with Crippen molar-refractivity contribution in [1.82, 2.24) is 9.88 Å². The number of amides is 1. The molecule has 150 valence electrons. The van der Waals surface area contributed by atoms with Crippen molar-refractivity contribution in [3.05, 3.63) is 81.1 Å². The second kappa shape index (κ2) is 8.42. The number of carbonyl (C=O) groups is 1. The molecule has 0 bridgehead atoms. The average molecular weight is 409 g/mol. The standard InChI is InChI=1S/C24H25ClN2O2/c1-16-15-22(28)27(21-10-6-5-9-20(16)21)23(17-11-13-18(25)14-12-17)24(29)26-19-7-3-2-4-8-19/h5-6,9-15,19,23H,2-4,7-8H2,1H3,(H,26,29). The summed E-state index contributed by atoms with van der Waals surface area (Å²) >= 11 is 6.08. The van der Waals surface area contributed by atoms with E-state index in [0.717, 1.165) is 47.7 Å². The molecule has 1 heterocycles. The van der Waals surface area contributed by atoms with Crippen molar-refractivity contribution in [2.45, 2.75) is 51.1 Å². The van der Waals surface area contributed by atoms with Crippen LogP contribution in [-0.4, -0.2) is 16.5 Å². The monoisotopic (exact) mass is 408 g/mol. The fourth-order valence-electron chi connectivity index (χ4n) is 4.32. The third-order valence-electron chi connectivity index (χ3n) is 5.81. The van der Waals surface area contributed by atoms with Gasteiger partial charge in [-0.3, -0.25) is 14.2 Å². The summed E-state index contributed by atoms with van der Waals surface area (Å²) in [5.74, 6) is -0.143. The van der Waals surface area contributed by atoms with E-state index in [1.807, 2.05) is 43.3 Å². The SMILES string of the molecule is Cc1cc(=O)n(C(C(=O)NC2CCCCC2)c2ccc(Cl)cc2)c2ccccc12. The lowest BCUT2D eigenvalue weighted by molar-refractivity contribution is -0.124. The molecule has 1 fully saturated rings. The number of hydrogen-bond donors (Lipinski definition) is 1. The number of para-hydroxylation sites is 1. The molecule has 5 heteroatoms. The number of nitrogens with zero attached hydrogens (tertiary/aromatic N) is 1. The Morgan fingerprint density at radius 3 is 2.48 bits per heavy atom. The van der Waals surface area contributed by atoms with Crippen molar-refractivity contribution in [2.75, 3.05) is 0 Å². The first-order valence-corrected chi connectivity index (χ1v) is 10.6. The molecule has 2 aromatic carbocycles. The summed E-state index contributed by atoms with van der Waals surface area (Å²) < 4.78 is 1.61. The maximum Gasteiger partial charge on any atom is 0.252 e. The molecule has 4 rings (SSSR count). The number of carbonyl (C=O) groups excluding carboxylic acids is 1. The van der Waals surface area contributed by atoms with Gasteiger partial charge in [-0.15, -0.1) is 0 Å². The van der Waals surface area contributed by atoms with Crippen LogP contribution in [0.4, 0.5) is 0 Å². The highest BCUT2D eigenvalue weighted by molar-refractivity contribution is 6.30. The number of rotatable bonds is 4. The molecule has 1 unspecified atom stereocenters. The van der Waals surface area contributed by atoms with E-state index in [1.165, 1.54) is 6.42 Å². The maximum absolute atomic E-state index is 13.5. The number of aryl methyl sites for hydroxylation is 1. The molecular weight excluding hydrogens is 384 g/mol. The molecule has 1 aliphatic carbocycles. The van der Waals surface area contributed by atoms with E-state index in [1.54, 1.807) is 22.8 Å². The summed E-state index contributed by atoms with van der Waals surface area (Å²) in [6, 6.07) is 15.9. The third-order valence-corrected chi connectivity index (χ3v) is 6.06. The Labute approximate surface area is 175 Å². The summed E-state index contributed by atoms with van der Waals surface area (Å²) in [6.07, 6.45) is 5.45. The minimum Gasteiger partial charge on any atom is -0.351 e. The first-order chi connectivity index (χ1) is 14.0. The second-order valence-electron chi connectivity index (χ2n) is 7.85. The van der Waals surface area contributed by atoms with Gasteiger partial charge >= 0.3 is 0 Å². The summed E-state index contributed by atoms with van der Waals surface area (Å²) in [6.45, 7) is 1.92. The zero-order valence-electron chi connectivity index (χ0n) is 16.5. The third kappa shape index (κ3) is 4.08. The lowest BCUT2D eigenvalue weighted by atomic mass is 9.94. The lowest BCUT2D eigenvalue weighted by Crippen LogP contribution is -2.43. The molecule has 29 heavy (non-hydrogen) atoms. The number of halogens is 1. The number of hydrogen-bond acceptors (Lipinski definition) is 2. The quantitative estimate of drug-likeness (QED) is 0.660. The Morgan fingerprint density at radius 2 is 1.76 bits per heavy atom. The minimum atomic E-state index is -0.743. The van der Waals surface area contributed by atoms with E-state index in [4.69, 9.17) is 11.6 Å². The Bertz CT molecular complexity index is 1080. The average Bonchev–Trinajstić information content (AvgIpc) is 2.72. The van der Waals surface area contributed by atoms with Crippen molar-refractivity contribution in [1.29, 1.82) is 0 Å². The van der Waals surface area contributed by atoms with Gasteiger partial charge in [-0.1, -0.05) is 61.2 Å². The Hall–Kier alpha value is -2.59. The number of aromatic nitrogens is 1. The van der Waals surface area contributed by atoms with Crippen molar-refractivity contribution in [3.63, 3.8) is 0 Å². The Morgan fingerprint density at radius 1 is 1.07 bits per heavy atom. The Kier molecular flexibility index (Phi) is 5.72. The Balaban J connectivity index is 1.85. The van der Waals surface area contributed by atoms with Crippen LogP contribution in [-0.2, 0) is 4.79 Å². The van der Waals surface area contributed by atoms with Gasteiger partial charge in [-0.2, -0.15) is 0 Å².